The highest BCUT2D eigenvalue weighted by molar-refractivity contribution is 5.84. The van der Waals surface area contributed by atoms with Crippen molar-refractivity contribution in [2.45, 2.75) is 25.7 Å². The maximum atomic E-state index is 12.2. The topological polar surface area (TPSA) is 34.1 Å². The quantitative estimate of drug-likeness (QED) is 0.415. The average Bonchev–Trinajstić information content (AvgIpc) is 2.77. The summed E-state index contributed by atoms with van der Waals surface area (Å²) in [5.74, 6) is 0.356. The van der Waals surface area contributed by atoms with Crippen molar-refractivity contribution in [3.8, 4) is 0 Å². The van der Waals surface area contributed by atoms with E-state index in [1.54, 1.807) is 0 Å². The van der Waals surface area contributed by atoms with Crippen LogP contribution in [0.15, 0.2) is 97.1 Å². The van der Waals surface area contributed by atoms with Crippen LogP contribution in [0.5, 0.6) is 0 Å². The first-order chi connectivity index (χ1) is 14.7. The molecule has 2 heteroatoms. The highest BCUT2D eigenvalue weighted by Gasteiger charge is 2.05. The Hall–Kier alpha value is -3.52. The lowest BCUT2D eigenvalue weighted by Crippen LogP contribution is -2.03. The van der Waals surface area contributed by atoms with Gasteiger partial charge in [-0.25, -0.2) is 0 Å². The van der Waals surface area contributed by atoms with Crippen molar-refractivity contribution in [3.05, 3.63) is 119 Å². The number of benzene rings is 3. The minimum atomic E-state index is 0.178. The van der Waals surface area contributed by atoms with Crippen LogP contribution in [0, 0.1) is 0 Å². The highest BCUT2D eigenvalue weighted by atomic mass is 16.1. The van der Waals surface area contributed by atoms with E-state index in [1.807, 2.05) is 109 Å². The van der Waals surface area contributed by atoms with E-state index in [-0.39, 0.29) is 11.6 Å². The predicted octanol–water partition coefficient (Wildman–Crippen LogP) is 6.12. The van der Waals surface area contributed by atoms with Gasteiger partial charge in [0.05, 0.1) is 0 Å². The molecule has 2 nitrogen and oxygen atoms in total. The van der Waals surface area contributed by atoms with Crippen LogP contribution in [-0.2, 0) is 22.4 Å². The Kier molecular flexibility index (Phi) is 8.11. The molecule has 0 spiro atoms. The SMILES string of the molecule is O=C(C/C=C/c1ccccc1)Cc1ccc(CC(=O)C/C=C/c2ccccc2)cc1. The first kappa shape index (κ1) is 21.2. The number of carbonyl (C=O) groups is 2. The standard InChI is InChI=1S/C28H26O2/c29-27(15-7-13-23-9-3-1-4-10-23)21-25-17-19-26(20-18-25)22-28(30)16-8-14-24-11-5-2-6-12-24/h1-14,17-20H,15-16,21-22H2/b13-7+,14-8+. The molecule has 0 atom stereocenters. The van der Waals surface area contributed by atoms with E-state index in [9.17, 15) is 9.59 Å². The van der Waals surface area contributed by atoms with Crippen molar-refractivity contribution in [3.63, 3.8) is 0 Å². The molecule has 0 aromatic heterocycles. The largest absolute Gasteiger partial charge is 0.299 e. The van der Waals surface area contributed by atoms with Crippen molar-refractivity contribution in [1.82, 2.24) is 0 Å². The molecule has 0 radical (unpaired) electrons. The van der Waals surface area contributed by atoms with Crippen LogP contribution in [0.1, 0.15) is 35.1 Å². The third-order valence-corrected chi connectivity index (χ3v) is 4.74. The molecule has 0 aliphatic rings. The number of carbonyl (C=O) groups excluding carboxylic acids is 2. The molecule has 0 aliphatic carbocycles. The molecule has 0 N–H and O–H groups in total. The fourth-order valence-electron chi connectivity index (χ4n) is 3.16. The zero-order chi connectivity index (χ0) is 21.0. The maximum absolute atomic E-state index is 12.2. The van der Waals surface area contributed by atoms with E-state index in [2.05, 4.69) is 0 Å². The Balaban J connectivity index is 1.42. The lowest BCUT2D eigenvalue weighted by atomic mass is 10.0. The van der Waals surface area contributed by atoms with Crippen LogP contribution in [0.4, 0.5) is 0 Å². The summed E-state index contributed by atoms with van der Waals surface area (Å²) in [4.78, 5) is 24.4. The summed E-state index contributed by atoms with van der Waals surface area (Å²) in [6, 6.07) is 27.7. The fourth-order valence-corrected chi connectivity index (χ4v) is 3.16. The molecule has 0 bridgehead atoms. The fraction of sp³-hybridized carbons (Fsp3) is 0.143. The van der Waals surface area contributed by atoms with Gasteiger partial charge in [0.1, 0.15) is 11.6 Å². The molecular weight excluding hydrogens is 368 g/mol. The summed E-state index contributed by atoms with van der Waals surface area (Å²) in [5, 5.41) is 0. The van der Waals surface area contributed by atoms with Gasteiger partial charge in [-0.05, 0) is 22.3 Å². The van der Waals surface area contributed by atoms with Crippen LogP contribution in [0.2, 0.25) is 0 Å². The van der Waals surface area contributed by atoms with Gasteiger partial charge in [-0.15, -0.1) is 0 Å². The van der Waals surface area contributed by atoms with Gasteiger partial charge < -0.3 is 0 Å². The molecule has 0 saturated carbocycles. The molecule has 30 heavy (non-hydrogen) atoms. The summed E-state index contributed by atoms with van der Waals surface area (Å²) in [5.41, 5.74) is 4.15. The number of rotatable bonds is 10. The number of allylic oxidation sites excluding steroid dienone is 2. The van der Waals surface area contributed by atoms with Crippen LogP contribution < -0.4 is 0 Å². The van der Waals surface area contributed by atoms with Gasteiger partial charge in [-0.3, -0.25) is 9.59 Å². The van der Waals surface area contributed by atoms with E-state index in [0.717, 1.165) is 22.3 Å². The second kappa shape index (κ2) is 11.5. The van der Waals surface area contributed by atoms with Gasteiger partial charge in [0, 0.05) is 25.7 Å². The summed E-state index contributed by atoms with van der Waals surface area (Å²) in [6.07, 6.45) is 9.42. The first-order valence-corrected chi connectivity index (χ1v) is 10.2. The van der Waals surface area contributed by atoms with Crippen molar-refractivity contribution < 1.29 is 9.59 Å². The Morgan fingerprint density at radius 3 is 1.27 bits per heavy atom. The van der Waals surface area contributed by atoms with Crippen molar-refractivity contribution in [2.75, 3.05) is 0 Å². The number of Topliss-reactive ketones (excluding diaryl/α,β-unsaturated/α-hetero) is 2. The Morgan fingerprint density at radius 1 is 0.533 bits per heavy atom. The minimum absolute atomic E-state index is 0.178. The van der Waals surface area contributed by atoms with Gasteiger partial charge in [0.25, 0.3) is 0 Å². The van der Waals surface area contributed by atoms with E-state index < -0.39 is 0 Å². The molecule has 0 heterocycles. The third-order valence-electron chi connectivity index (χ3n) is 4.74. The second-order valence-corrected chi connectivity index (χ2v) is 7.28. The normalized spacial score (nSPS) is 11.2. The van der Waals surface area contributed by atoms with E-state index in [1.165, 1.54) is 0 Å². The minimum Gasteiger partial charge on any atom is -0.299 e. The Bertz CT molecular complexity index is 913. The van der Waals surface area contributed by atoms with Crippen LogP contribution in [-0.4, -0.2) is 11.6 Å². The monoisotopic (exact) mass is 394 g/mol. The molecule has 0 saturated heterocycles. The van der Waals surface area contributed by atoms with E-state index in [0.29, 0.717) is 25.7 Å². The number of ketones is 2. The molecule has 0 fully saturated rings. The van der Waals surface area contributed by atoms with E-state index in [4.69, 9.17) is 0 Å². The summed E-state index contributed by atoms with van der Waals surface area (Å²) in [6.45, 7) is 0. The lowest BCUT2D eigenvalue weighted by molar-refractivity contribution is -0.118. The third kappa shape index (κ3) is 7.48. The summed E-state index contributed by atoms with van der Waals surface area (Å²) < 4.78 is 0. The van der Waals surface area contributed by atoms with Gasteiger partial charge in [-0.2, -0.15) is 0 Å². The predicted molar refractivity (Wildman–Crippen MR) is 124 cm³/mol. The molecule has 0 aliphatic heterocycles. The average molecular weight is 395 g/mol. The van der Waals surface area contributed by atoms with Crippen molar-refractivity contribution >= 4 is 23.7 Å². The smallest absolute Gasteiger partial charge is 0.141 e. The van der Waals surface area contributed by atoms with Crippen LogP contribution >= 0.6 is 0 Å². The highest BCUT2D eigenvalue weighted by Crippen LogP contribution is 2.10. The van der Waals surface area contributed by atoms with Crippen LogP contribution in [0.25, 0.3) is 12.2 Å². The molecule has 0 amide bonds. The zero-order valence-electron chi connectivity index (χ0n) is 17.0. The zero-order valence-corrected chi connectivity index (χ0v) is 17.0. The summed E-state index contributed by atoms with van der Waals surface area (Å²) in [7, 11) is 0. The maximum Gasteiger partial charge on any atom is 0.141 e. The van der Waals surface area contributed by atoms with Gasteiger partial charge >= 0.3 is 0 Å². The number of hydrogen-bond donors (Lipinski definition) is 0. The molecule has 3 aromatic carbocycles. The Labute approximate surface area is 178 Å². The van der Waals surface area contributed by atoms with Crippen molar-refractivity contribution in [2.24, 2.45) is 0 Å². The Morgan fingerprint density at radius 2 is 0.900 bits per heavy atom. The number of hydrogen-bond acceptors (Lipinski definition) is 2. The lowest BCUT2D eigenvalue weighted by Gasteiger charge is -2.03. The first-order valence-electron chi connectivity index (χ1n) is 10.2. The summed E-state index contributed by atoms with van der Waals surface area (Å²) >= 11 is 0. The van der Waals surface area contributed by atoms with Gasteiger partial charge in [-0.1, -0.05) is 109 Å². The van der Waals surface area contributed by atoms with E-state index >= 15 is 0 Å². The van der Waals surface area contributed by atoms with Crippen LogP contribution in [0.3, 0.4) is 0 Å². The molecular formula is C28H26O2. The van der Waals surface area contributed by atoms with Gasteiger partial charge in [0.15, 0.2) is 0 Å². The molecule has 0 unspecified atom stereocenters. The molecule has 3 rings (SSSR count). The second-order valence-electron chi connectivity index (χ2n) is 7.28. The van der Waals surface area contributed by atoms with Crippen molar-refractivity contribution in [1.29, 1.82) is 0 Å². The van der Waals surface area contributed by atoms with Gasteiger partial charge in [0.2, 0.25) is 0 Å². The molecule has 3 aromatic rings. The molecule has 150 valence electrons.